The molecule has 5 heteroatoms. The van der Waals surface area contributed by atoms with Gasteiger partial charge in [-0.25, -0.2) is 9.67 Å². The monoisotopic (exact) mass is 156 g/mol. The summed E-state index contributed by atoms with van der Waals surface area (Å²) in [7, 11) is 0. The Balaban J connectivity index is 3.01. The Morgan fingerprint density at radius 2 is 2.60 bits per heavy atom. The van der Waals surface area contributed by atoms with Crippen molar-refractivity contribution >= 4 is 17.2 Å². The van der Waals surface area contributed by atoms with Crippen molar-refractivity contribution in [2.24, 2.45) is 5.73 Å². The molecular formula is C5H8N4S. The van der Waals surface area contributed by atoms with E-state index in [0.717, 1.165) is 6.54 Å². The van der Waals surface area contributed by atoms with E-state index < -0.39 is 0 Å². The summed E-state index contributed by atoms with van der Waals surface area (Å²) in [6, 6.07) is 0. The fourth-order valence-electron chi connectivity index (χ4n) is 0.686. The molecule has 0 aliphatic carbocycles. The van der Waals surface area contributed by atoms with Crippen LogP contribution in [0.1, 0.15) is 12.7 Å². The normalized spacial score (nSPS) is 9.70. The summed E-state index contributed by atoms with van der Waals surface area (Å²) in [5.74, 6) is 0.581. The third-order valence-corrected chi connectivity index (χ3v) is 1.32. The Hall–Kier alpha value is -0.970. The maximum Gasteiger partial charge on any atom is 0.185 e. The standard InChI is InChI=1S/C5H8N4S/c1-2-9-5(4(6)10)7-3-8-9/h3H,2H2,1H3,(H2,6,10). The van der Waals surface area contributed by atoms with E-state index in [9.17, 15) is 0 Å². The Morgan fingerprint density at radius 1 is 1.90 bits per heavy atom. The fraction of sp³-hybridized carbons (Fsp3) is 0.400. The van der Waals surface area contributed by atoms with Crippen LogP contribution in [-0.4, -0.2) is 19.8 Å². The van der Waals surface area contributed by atoms with Crippen LogP contribution in [0.5, 0.6) is 0 Å². The first-order chi connectivity index (χ1) is 4.75. The van der Waals surface area contributed by atoms with Crippen molar-refractivity contribution in [2.75, 3.05) is 0 Å². The topological polar surface area (TPSA) is 56.7 Å². The van der Waals surface area contributed by atoms with Gasteiger partial charge in [0.1, 0.15) is 11.3 Å². The van der Waals surface area contributed by atoms with Crippen LogP contribution >= 0.6 is 12.2 Å². The average molecular weight is 156 g/mol. The Kier molecular flexibility index (Phi) is 1.96. The highest BCUT2D eigenvalue weighted by Gasteiger charge is 2.02. The molecule has 54 valence electrons. The average Bonchev–Trinajstić information content (AvgIpc) is 2.33. The summed E-state index contributed by atoms with van der Waals surface area (Å²) in [5.41, 5.74) is 5.34. The largest absolute Gasteiger partial charge is 0.387 e. The van der Waals surface area contributed by atoms with Crippen LogP contribution in [-0.2, 0) is 6.54 Å². The predicted octanol–water partition coefficient (Wildman–Crippen LogP) is -0.0678. The molecule has 0 unspecified atom stereocenters. The lowest BCUT2D eigenvalue weighted by Crippen LogP contribution is -2.17. The molecule has 4 nitrogen and oxygen atoms in total. The van der Waals surface area contributed by atoms with E-state index in [2.05, 4.69) is 10.1 Å². The van der Waals surface area contributed by atoms with Crippen LogP contribution in [0.25, 0.3) is 0 Å². The van der Waals surface area contributed by atoms with Crippen LogP contribution < -0.4 is 5.73 Å². The Morgan fingerprint density at radius 3 is 3.00 bits per heavy atom. The van der Waals surface area contributed by atoms with Crippen molar-refractivity contribution in [3.63, 3.8) is 0 Å². The molecule has 0 spiro atoms. The highest BCUT2D eigenvalue weighted by molar-refractivity contribution is 7.80. The second-order valence-electron chi connectivity index (χ2n) is 1.76. The van der Waals surface area contributed by atoms with Gasteiger partial charge < -0.3 is 5.73 Å². The summed E-state index contributed by atoms with van der Waals surface area (Å²) < 4.78 is 1.66. The third kappa shape index (κ3) is 1.13. The van der Waals surface area contributed by atoms with Gasteiger partial charge in [0.05, 0.1) is 0 Å². The van der Waals surface area contributed by atoms with Crippen LogP contribution in [0.2, 0.25) is 0 Å². The molecule has 0 amide bonds. The summed E-state index contributed by atoms with van der Waals surface area (Å²) in [5, 5.41) is 3.89. The van der Waals surface area contributed by atoms with Gasteiger partial charge in [-0.1, -0.05) is 12.2 Å². The van der Waals surface area contributed by atoms with Crippen molar-refractivity contribution in [1.29, 1.82) is 0 Å². The molecule has 0 bridgehead atoms. The molecule has 1 aromatic heterocycles. The third-order valence-electron chi connectivity index (χ3n) is 1.14. The molecule has 0 saturated heterocycles. The maximum atomic E-state index is 5.34. The lowest BCUT2D eigenvalue weighted by Gasteiger charge is -1.97. The summed E-state index contributed by atoms with van der Waals surface area (Å²) >= 11 is 4.72. The summed E-state index contributed by atoms with van der Waals surface area (Å²) in [4.78, 5) is 4.16. The molecule has 0 aliphatic rings. The first-order valence-electron chi connectivity index (χ1n) is 2.93. The van der Waals surface area contributed by atoms with Crippen molar-refractivity contribution in [2.45, 2.75) is 13.5 Å². The number of hydrogen-bond donors (Lipinski definition) is 1. The number of thiocarbonyl (C=S) groups is 1. The van der Waals surface area contributed by atoms with E-state index in [1.54, 1.807) is 4.68 Å². The minimum absolute atomic E-state index is 0.291. The lowest BCUT2D eigenvalue weighted by molar-refractivity contribution is 0.652. The van der Waals surface area contributed by atoms with E-state index in [1.807, 2.05) is 6.92 Å². The van der Waals surface area contributed by atoms with Gasteiger partial charge in [-0.15, -0.1) is 0 Å². The summed E-state index contributed by atoms with van der Waals surface area (Å²) in [6.45, 7) is 2.70. The van der Waals surface area contributed by atoms with Gasteiger partial charge in [-0.3, -0.25) is 0 Å². The minimum Gasteiger partial charge on any atom is -0.387 e. The highest BCUT2D eigenvalue weighted by atomic mass is 32.1. The van der Waals surface area contributed by atoms with E-state index in [0.29, 0.717) is 10.8 Å². The maximum absolute atomic E-state index is 5.34. The van der Waals surface area contributed by atoms with Crippen molar-refractivity contribution in [3.05, 3.63) is 12.2 Å². The van der Waals surface area contributed by atoms with Gasteiger partial charge in [0.2, 0.25) is 0 Å². The van der Waals surface area contributed by atoms with E-state index in [4.69, 9.17) is 18.0 Å². The molecule has 10 heavy (non-hydrogen) atoms. The minimum atomic E-state index is 0.291. The van der Waals surface area contributed by atoms with Crippen LogP contribution in [0, 0.1) is 0 Å². The molecule has 0 saturated carbocycles. The summed E-state index contributed by atoms with van der Waals surface area (Å²) in [6.07, 6.45) is 1.44. The van der Waals surface area contributed by atoms with Gasteiger partial charge >= 0.3 is 0 Å². The molecule has 0 radical (unpaired) electrons. The zero-order valence-corrected chi connectivity index (χ0v) is 6.43. The molecular weight excluding hydrogens is 148 g/mol. The zero-order valence-electron chi connectivity index (χ0n) is 5.61. The number of nitrogens with two attached hydrogens (primary N) is 1. The fourth-order valence-corrected chi connectivity index (χ4v) is 0.844. The second kappa shape index (κ2) is 2.74. The smallest absolute Gasteiger partial charge is 0.185 e. The van der Waals surface area contributed by atoms with Crippen LogP contribution in [0.4, 0.5) is 0 Å². The van der Waals surface area contributed by atoms with Crippen molar-refractivity contribution < 1.29 is 0 Å². The van der Waals surface area contributed by atoms with Crippen molar-refractivity contribution in [3.8, 4) is 0 Å². The van der Waals surface area contributed by atoms with Crippen molar-refractivity contribution in [1.82, 2.24) is 14.8 Å². The first-order valence-corrected chi connectivity index (χ1v) is 3.34. The number of aromatic nitrogens is 3. The van der Waals surface area contributed by atoms with E-state index in [-0.39, 0.29) is 0 Å². The van der Waals surface area contributed by atoms with Gasteiger partial charge in [0.15, 0.2) is 5.82 Å². The second-order valence-corrected chi connectivity index (χ2v) is 2.20. The molecule has 1 heterocycles. The Bertz CT molecular complexity index is 242. The van der Waals surface area contributed by atoms with Crippen LogP contribution in [0.15, 0.2) is 6.33 Å². The molecule has 0 aromatic carbocycles. The van der Waals surface area contributed by atoms with Gasteiger partial charge in [-0.2, -0.15) is 5.10 Å². The predicted molar refractivity (Wildman–Crippen MR) is 41.6 cm³/mol. The molecule has 0 aliphatic heterocycles. The number of aryl methyl sites for hydroxylation is 1. The lowest BCUT2D eigenvalue weighted by atomic mass is 10.6. The van der Waals surface area contributed by atoms with E-state index >= 15 is 0 Å². The molecule has 1 aromatic rings. The molecule has 2 N–H and O–H groups in total. The van der Waals surface area contributed by atoms with Gasteiger partial charge in [0, 0.05) is 6.54 Å². The zero-order chi connectivity index (χ0) is 7.56. The number of nitrogens with zero attached hydrogens (tertiary/aromatic N) is 3. The van der Waals surface area contributed by atoms with Gasteiger partial charge in [0.25, 0.3) is 0 Å². The first kappa shape index (κ1) is 7.14. The Labute approximate surface area is 64.1 Å². The quantitative estimate of drug-likeness (QED) is 0.609. The van der Waals surface area contributed by atoms with Crippen LogP contribution in [0.3, 0.4) is 0 Å². The molecule has 0 atom stereocenters. The SMILES string of the molecule is CCn1ncnc1C(N)=S. The number of rotatable bonds is 2. The molecule has 1 rings (SSSR count). The number of hydrogen-bond acceptors (Lipinski definition) is 3. The van der Waals surface area contributed by atoms with Gasteiger partial charge in [-0.05, 0) is 6.92 Å². The highest BCUT2D eigenvalue weighted by Crippen LogP contribution is 1.91. The van der Waals surface area contributed by atoms with E-state index in [1.165, 1.54) is 6.33 Å². The molecule has 0 fully saturated rings.